The van der Waals surface area contributed by atoms with Crippen LogP contribution in [0.5, 0.6) is 5.75 Å². The van der Waals surface area contributed by atoms with Gasteiger partial charge in [-0.25, -0.2) is 0 Å². The van der Waals surface area contributed by atoms with Crippen LogP contribution in [0, 0.1) is 0 Å². The van der Waals surface area contributed by atoms with Gasteiger partial charge in [-0.1, -0.05) is 12.1 Å². The molecule has 0 radical (unpaired) electrons. The number of phenolic OH excluding ortho intramolecular Hbond substituents is 1. The van der Waals surface area contributed by atoms with Crippen LogP contribution in [0.3, 0.4) is 0 Å². The Morgan fingerprint density at radius 1 is 0.581 bits per heavy atom. The van der Waals surface area contributed by atoms with Crippen LogP contribution in [0.15, 0.2) is 39.2 Å². The predicted octanol–water partition coefficient (Wildman–Crippen LogP) is -5.02. The maximum absolute atomic E-state index is 14.0. The number of guanidine groups is 3. The lowest BCUT2D eigenvalue weighted by atomic mass is 10.0. The molecule has 0 unspecified atom stereocenters. The fourth-order valence-corrected chi connectivity index (χ4v) is 5.63. The van der Waals surface area contributed by atoms with E-state index in [1.165, 1.54) is 19.1 Å². The molecule has 6 amide bonds. The number of phenols is 1. The lowest BCUT2D eigenvalue weighted by molar-refractivity contribution is -0.138. The zero-order valence-electron chi connectivity index (χ0n) is 34.3. The summed E-state index contributed by atoms with van der Waals surface area (Å²) in [6, 6.07) is -0.991. The smallest absolute Gasteiger partial charge is 0.303 e. The first kappa shape index (κ1) is 53.2. The average Bonchev–Trinajstić information content (AvgIpc) is 3.18. The van der Waals surface area contributed by atoms with Crippen molar-refractivity contribution in [2.45, 2.75) is 94.9 Å². The van der Waals surface area contributed by atoms with Crippen LogP contribution in [-0.4, -0.2) is 131 Å². The van der Waals surface area contributed by atoms with E-state index in [9.17, 15) is 48.6 Å². The number of hydrogen-bond donors (Lipinski definition) is 15. The summed E-state index contributed by atoms with van der Waals surface area (Å²) < 4.78 is 0. The van der Waals surface area contributed by atoms with E-state index in [1.54, 1.807) is 12.1 Å². The van der Waals surface area contributed by atoms with E-state index in [0.29, 0.717) is 5.56 Å². The molecule has 344 valence electrons. The summed E-state index contributed by atoms with van der Waals surface area (Å²) in [5, 5.41) is 33.4. The van der Waals surface area contributed by atoms with Gasteiger partial charge >= 0.3 is 5.97 Å². The molecule has 0 saturated heterocycles. The molecule has 0 aromatic heterocycles. The third-order valence-corrected chi connectivity index (χ3v) is 8.66. The van der Waals surface area contributed by atoms with Crippen LogP contribution < -0.4 is 66.3 Å². The van der Waals surface area contributed by atoms with Gasteiger partial charge in [-0.2, -0.15) is 0 Å². The van der Waals surface area contributed by atoms with Gasteiger partial charge in [0.2, 0.25) is 40.6 Å². The molecule has 1 aromatic carbocycles. The number of thiol groups is 1. The number of nitrogens with zero attached hydrogens (tertiary/aromatic N) is 3. The number of nitrogens with two attached hydrogens (primary N) is 6. The maximum Gasteiger partial charge on any atom is 0.303 e. The third kappa shape index (κ3) is 23.7. The van der Waals surface area contributed by atoms with Crippen LogP contribution in [0.1, 0.15) is 63.9 Å². The van der Waals surface area contributed by atoms with E-state index in [0.717, 1.165) is 0 Å². The monoisotopic (exact) mass is 893 g/mol. The van der Waals surface area contributed by atoms with Crippen LogP contribution in [-0.2, 0) is 44.8 Å². The summed E-state index contributed by atoms with van der Waals surface area (Å²) >= 11 is 3.62. The number of carboxylic acid groups (broad SMARTS) is 1. The summed E-state index contributed by atoms with van der Waals surface area (Å²) in [6.07, 6.45) is -0.942. The Balaban J connectivity index is 3.50. The summed E-state index contributed by atoms with van der Waals surface area (Å²) in [5.41, 5.74) is 33.1. The Bertz CT molecular complexity index is 1780. The highest BCUT2D eigenvalue weighted by Gasteiger charge is 2.32. The van der Waals surface area contributed by atoms with E-state index < -0.39 is 96.1 Å². The van der Waals surface area contributed by atoms with Gasteiger partial charge in [0.25, 0.3) is 0 Å². The molecule has 25 nitrogen and oxygen atoms in total. The molecule has 0 bridgehead atoms. The number of rotatable bonds is 29. The molecule has 20 N–H and O–H groups in total. The van der Waals surface area contributed by atoms with Crippen molar-refractivity contribution in [2.75, 3.05) is 26.2 Å². The van der Waals surface area contributed by atoms with Crippen molar-refractivity contribution in [1.82, 2.24) is 31.9 Å². The van der Waals surface area contributed by atoms with E-state index in [4.69, 9.17) is 34.4 Å². The fraction of sp³-hybridized carbons (Fsp3) is 0.528. The molecule has 0 spiro atoms. The Hall–Kier alpha value is -6.86. The van der Waals surface area contributed by atoms with Crippen molar-refractivity contribution in [2.24, 2.45) is 49.4 Å². The summed E-state index contributed by atoms with van der Waals surface area (Å²) in [4.78, 5) is 115. The largest absolute Gasteiger partial charge is 0.508 e. The zero-order chi connectivity index (χ0) is 46.8. The molecule has 0 heterocycles. The normalized spacial score (nSPS) is 12.9. The van der Waals surface area contributed by atoms with Crippen LogP contribution >= 0.6 is 12.6 Å². The van der Waals surface area contributed by atoms with E-state index in [2.05, 4.69) is 59.5 Å². The highest BCUT2D eigenvalue weighted by molar-refractivity contribution is 7.96. The van der Waals surface area contributed by atoms with Crippen molar-refractivity contribution in [3.63, 3.8) is 0 Å². The van der Waals surface area contributed by atoms with Gasteiger partial charge in [0.1, 0.15) is 36.0 Å². The average molecular weight is 894 g/mol. The number of aliphatic carboxylic acids is 1. The summed E-state index contributed by atoms with van der Waals surface area (Å²) in [5.74, 6) is -6.97. The molecule has 0 saturated carbocycles. The molecular formula is C36H59N15O10S. The van der Waals surface area contributed by atoms with Gasteiger partial charge in [0.05, 0.1) is 6.54 Å². The van der Waals surface area contributed by atoms with Crippen LogP contribution in [0.2, 0.25) is 0 Å². The molecule has 26 heteroatoms. The van der Waals surface area contributed by atoms with Crippen molar-refractivity contribution in [1.29, 1.82) is 0 Å². The highest BCUT2D eigenvalue weighted by Crippen LogP contribution is 2.13. The lowest BCUT2D eigenvalue weighted by Gasteiger charge is -2.27. The lowest BCUT2D eigenvalue weighted by Crippen LogP contribution is -2.59. The number of aromatic hydroxyl groups is 1. The number of carbonyl (C=O) groups excluding carboxylic acids is 7. The van der Waals surface area contributed by atoms with Gasteiger partial charge in [0, 0.05) is 39.4 Å². The van der Waals surface area contributed by atoms with Crippen LogP contribution in [0.25, 0.3) is 0 Å². The highest BCUT2D eigenvalue weighted by atomic mass is 32.1. The Labute approximate surface area is 362 Å². The van der Waals surface area contributed by atoms with Gasteiger partial charge in [-0.15, -0.1) is 12.6 Å². The quantitative estimate of drug-likeness (QED) is 0.0155. The molecule has 5 atom stereocenters. The molecular weight excluding hydrogens is 835 g/mol. The molecule has 0 aliphatic rings. The van der Waals surface area contributed by atoms with Crippen molar-refractivity contribution >= 4 is 77.0 Å². The first-order valence-electron chi connectivity index (χ1n) is 19.3. The number of amides is 6. The van der Waals surface area contributed by atoms with Crippen molar-refractivity contribution < 1.29 is 48.6 Å². The number of carboxylic acids is 1. The fourth-order valence-electron chi connectivity index (χ4n) is 5.55. The minimum atomic E-state index is -1.58. The second-order valence-corrected chi connectivity index (χ2v) is 14.3. The van der Waals surface area contributed by atoms with Crippen molar-refractivity contribution in [3.05, 3.63) is 29.8 Å². The van der Waals surface area contributed by atoms with Crippen LogP contribution in [0.4, 0.5) is 0 Å². The first-order chi connectivity index (χ1) is 29.2. The molecule has 1 aromatic rings. The Morgan fingerprint density at radius 2 is 0.952 bits per heavy atom. The first-order valence-corrected chi connectivity index (χ1v) is 19.8. The second-order valence-electron chi connectivity index (χ2n) is 13.8. The Kier molecular flexibility index (Phi) is 24.5. The number of hydrogen-bond acceptors (Lipinski definition) is 12. The third-order valence-electron chi connectivity index (χ3n) is 8.50. The molecule has 0 fully saturated rings. The number of carbonyl (C=O) groups is 8. The summed E-state index contributed by atoms with van der Waals surface area (Å²) in [7, 11) is 0. The van der Waals surface area contributed by atoms with Gasteiger partial charge in [-0.05, 0) is 62.6 Å². The second kappa shape index (κ2) is 28.6. The minimum absolute atomic E-state index is 0.00464. The number of nitrogens with one attached hydrogen (secondary N) is 6. The van der Waals surface area contributed by atoms with E-state index >= 15 is 0 Å². The number of benzene rings is 1. The molecule has 0 aliphatic heterocycles. The molecule has 0 aliphatic carbocycles. The minimum Gasteiger partial charge on any atom is -0.508 e. The molecule has 62 heavy (non-hydrogen) atoms. The van der Waals surface area contributed by atoms with E-state index in [1.807, 2.05) is 0 Å². The zero-order valence-corrected chi connectivity index (χ0v) is 35.2. The van der Waals surface area contributed by atoms with E-state index in [-0.39, 0.29) is 88.2 Å². The topological polar surface area (TPSA) is 442 Å². The predicted molar refractivity (Wildman–Crippen MR) is 231 cm³/mol. The van der Waals surface area contributed by atoms with Crippen molar-refractivity contribution in [3.8, 4) is 5.75 Å². The van der Waals surface area contributed by atoms with Gasteiger partial charge in [0.15, 0.2) is 17.9 Å². The number of aliphatic imine (C=N–C) groups is 3. The SMILES string of the molecule is CC(=O)N[C@@H](Cc1ccc(O)cc1)C(=O)N[C@@H](CCCN=C(N)N)C(=O)N[C@@H](CCCN=C(N)N)C(=O)N[C@@H](CCC(=O)O)C(=O)N[C@@H](CCCN=C(N)N)C(=O)NCC(=O)S. The Morgan fingerprint density at radius 3 is 1.31 bits per heavy atom. The standard InChI is InChI=1S/C36H59N15O10S/c1-19(52)47-26(17-20-8-10-21(53)11-9-20)33(61)50-24(7-4-16-45-36(41)42)30(58)49-23(6-3-15-44-35(39)40)31(59)51-25(12-13-27(54)55)32(60)48-22(5-2-14-43-34(37)38)29(57)46-18-28(56)62/h8-11,22-26,53H,2-7,12-18H2,1H3,(H,46,57)(H,47,52)(H,48,60)(H,49,58)(H,50,61)(H,51,59)(H,54,55)(H,56,62)(H4,37,38,43)(H4,39,40,44)(H4,41,42,45)/t22-,23-,24-,25-,26-/m0/s1. The molecule has 1 rings (SSSR count). The summed E-state index contributed by atoms with van der Waals surface area (Å²) in [6.45, 7) is 0.832. The van der Waals surface area contributed by atoms with Gasteiger partial charge < -0.3 is 76.5 Å². The maximum atomic E-state index is 14.0. The van der Waals surface area contributed by atoms with Gasteiger partial charge in [-0.3, -0.25) is 53.3 Å².